The summed E-state index contributed by atoms with van der Waals surface area (Å²) in [7, 11) is -3.64. The first-order valence-corrected chi connectivity index (χ1v) is 12.4. The van der Waals surface area contributed by atoms with Crippen LogP contribution in [0.1, 0.15) is 32.2 Å². The fraction of sp³-hybridized carbons (Fsp3) is 0.364. The van der Waals surface area contributed by atoms with Crippen molar-refractivity contribution >= 4 is 15.9 Å². The van der Waals surface area contributed by atoms with Crippen LogP contribution in [0.25, 0.3) is 17.2 Å². The number of aromatic nitrogens is 4. The molecule has 0 unspecified atom stereocenters. The minimum Gasteiger partial charge on any atom is -0.454 e. The summed E-state index contributed by atoms with van der Waals surface area (Å²) in [5.74, 6) is 2.07. The summed E-state index contributed by atoms with van der Waals surface area (Å²) in [6.07, 6.45) is 1.98. The minimum absolute atomic E-state index is 0.137. The molecule has 11 nitrogen and oxygen atoms in total. The van der Waals surface area contributed by atoms with Crippen molar-refractivity contribution in [3.8, 4) is 28.7 Å². The predicted molar refractivity (Wildman–Crippen MR) is 119 cm³/mol. The highest BCUT2D eigenvalue weighted by Gasteiger charge is 2.34. The molecule has 0 bridgehead atoms. The number of fused-ring (bicyclic) bond motifs is 2. The lowest BCUT2D eigenvalue weighted by atomic mass is 10.2. The van der Waals surface area contributed by atoms with Crippen LogP contribution < -0.4 is 9.47 Å². The molecule has 34 heavy (non-hydrogen) atoms. The Bertz CT molecular complexity index is 1410. The summed E-state index contributed by atoms with van der Waals surface area (Å²) < 4.78 is 42.4. The van der Waals surface area contributed by atoms with Crippen molar-refractivity contribution in [1.29, 1.82) is 0 Å². The second-order valence-electron chi connectivity index (χ2n) is 9.04. The molecule has 0 spiro atoms. The third kappa shape index (κ3) is 4.04. The molecular weight excluding hydrogens is 462 g/mol. The number of carbonyl (C=O) groups excluding carboxylic acids is 1. The molecule has 0 radical (unpaired) electrons. The van der Waals surface area contributed by atoms with Crippen LogP contribution in [-0.2, 0) is 27.7 Å². The van der Waals surface area contributed by atoms with E-state index in [1.165, 1.54) is 6.20 Å². The van der Waals surface area contributed by atoms with E-state index in [0.717, 1.165) is 11.8 Å². The Morgan fingerprint density at radius 3 is 2.59 bits per heavy atom. The first-order valence-electron chi connectivity index (χ1n) is 10.5. The van der Waals surface area contributed by atoms with Crippen LogP contribution in [0.2, 0.25) is 0 Å². The van der Waals surface area contributed by atoms with E-state index in [2.05, 4.69) is 9.97 Å². The van der Waals surface area contributed by atoms with Gasteiger partial charge in [-0.05, 0) is 45.0 Å². The maximum Gasteiger partial charge on any atom is 0.410 e. The standard InChI is InChI=1S/C22H23N5O6S/c1-22(2,3)33-21(28)26-10-14-15(11-26)27(18-7-8-23-20(25-18)34(4,29)30)19(24-14)13-5-6-16-17(9-13)32-12-31-16/h5-9H,10-12H2,1-4H3. The molecule has 0 atom stereocenters. The lowest BCUT2D eigenvalue weighted by molar-refractivity contribution is 0.0238. The monoisotopic (exact) mass is 485 g/mol. The third-order valence-electron chi connectivity index (χ3n) is 5.20. The zero-order valence-electron chi connectivity index (χ0n) is 19.1. The first-order chi connectivity index (χ1) is 16.0. The Kier molecular flexibility index (Phi) is 5.01. The van der Waals surface area contributed by atoms with Crippen LogP contribution >= 0.6 is 0 Å². The van der Waals surface area contributed by atoms with E-state index < -0.39 is 21.5 Å². The Balaban J connectivity index is 1.61. The molecule has 2 aromatic heterocycles. The molecule has 3 aromatic rings. The number of nitrogens with zero attached hydrogens (tertiary/aromatic N) is 5. The number of rotatable bonds is 3. The molecule has 4 heterocycles. The average molecular weight is 486 g/mol. The number of sulfone groups is 1. The highest BCUT2D eigenvalue weighted by atomic mass is 32.2. The molecule has 1 aromatic carbocycles. The van der Waals surface area contributed by atoms with E-state index in [1.54, 1.807) is 48.4 Å². The average Bonchev–Trinajstić information content (AvgIpc) is 3.45. The van der Waals surface area contributed by atoms with Crippen molar-refractivity contribution in [2.45, 2.75) is 44.6 Å². The Morgan fingerprint density at radius 1 is 1.09 bits per heavy atom. The molecule has 1 amide bonds. The molecule has 12 heteroatoms. The van der Waals surface area contributed by atoms with E-state index in [4.69, 9.17) is 19.2 Å². The smallest absolute Gasteiger partial charge is 0.410 e. The molecule has 0 N–H and O–H groups in total. The van der Waals surface area contributed by atoms with E-state index in [9.17, 15) is 13.2 Å². The Labute approximate surface area is 196 Å². The Morgan fingerprint density at radius 2 is 1.85 bits per heavy atom. The van der Waals surface area contributed by atoms with Gasteiger partial charge in [-0.25, -0.2) is 28.2 Å². The molecule has 0 fully saturated rings. The summed E-state index contributed by atoms with van der Waals surface area (Å²) in [6.45, 7) is 6.02. The third-order valence-corrected chi connectivity index (χ3v) is 6.06. The van der Waals surface area contributed by atoms with E-state index in [1.807, 2.05) is 6.07 Å². The van der Waals surface area contributed by atoms with Gasteiger partial charge >= 0.3 is 6.09 Å². The van der Waals surface area contributed by atoms with Gasteiger partial charge in [0.2, 0.25) is 21.8 Å². The summed E-state index contributed by atoms with van der Waals surface area (Å²) >= 11 is 0. The number of carbonyl (C=O) groups is 1. The van der Waals surface area contributed by atoms with Crippen LogP contribution in [0.4, 0.5) is 4.79 Å². The second kappa shape index (κ2) is 7.69. The summed E-state index contributed by atoms with van der Waals surface area (Å²) in [6, 6.07) is 7.03. The van der Waals surface area contributed by atoms with Gasteiger partial charge < -0.3 is 14.2 Å². The summed E-state index contributed by atoms with van der Waals surface area (Å²) in [5, 5.41) is -0.300. The highest BCUT2D eigenvalue weighted by Crippen LogP contribution is 2.38. The fourth-order valence-corrected chi connectivity index (χ4v) is 4.28. The molecule has 2 aliphatic rings. The van der Waals surface area contributed by atoms with Crippen molar-refractivity contribution in [1.82, 2.24) is 24.4 Å². The number of benzene rings is 1. The molecule has 0 saturated heterocycles. The molecular formula is C22H23N5O6S. The SMILES string of the molecule is CC(C)(C)OC(=O)N1Cc2nc(-c3ccc4c(c3)OCO4)n(-c3ccnc(S(C)(=O)=O)n3)c2C1. The molecule has 0 saturated carbocycles. The summed E-state index contributed by atoms with van der Waals surface area (Å²) in [4.78, 5) is 27.2. The van der Waals surface area contributed by atoms with Crippen LogP contribution in [0.15, 0.2) is 35.6 Å². The van der Waals surface area contributed by atoms with Crippen molar-refractivity contribution in [2.75, 3.05) is 13.0 Å². The first kappa shape index (κ1) is 22.1. The minimum atomic E-state index is -3.64. The van der Waals surface area contributed by atoms with Gasteiger partial charge in [-0.2, -0.15) is 0 Å². The zero-order valence-corrected chi connectivity index (χ0v) is 19.9. The van der Waals surface area contributed by atoms with Gasteiger partial charge in [0.05, 0.1) is 24.5 Å². The van der Waals surface area contributed by atoms with E-state index >= 15 is 0 Å². The van der Waals surface area contributed by atoms with Crippen LogP contribution in [0, 0.1) is 0 Å². The molecule has 5 rings (SSSR count). The maximum atomic E-state index is 12.7. The van der Waals surface area contributed by atoms with Crippen LogP contribution in [0.5, 0.6) is 11.5 Å². The summed E-state index contributed by atoms with van der Waals surface area (Å²) in [5.41, 5.74) is 1.46. The fourth-order valence-electron chi connectivity index (χ4n) is 3.77. The lowest BCUT2D eigenvalue weighted by Gasteiger charge is -2.24. The molecule has 2 aliphatic heterocycles. The van der Waals surface area contributed by atoms with E-state index in [0.29, 0.717) is 34.5 Å². The van der Waals surface area contributed by atoms with Gasteiger partial charge in [0.1, 0.15) is 17.2 Å². The van der Waals surface area contributed by atoms with Crippen molar-refractivity contribution in [3.05, 3.63) is 41.9 Å². The second-order valence-corrected chi connectivity index (χ2v) is 10.9. The number of hydrogen-bond acceptors (Lipinski definition) is 9. The van der Waals surface area contributed by atoms with E-state index in [-0.39, 0.29) is 25.0 Å². The van der Waals surface area contributed by atoms with Crippen LogP contribution in [-0.4, -0.2) is 57.6 Å². The van der Waals surface area contributed by atoms with Gasteiger partial charge in [-0.15, -0.1) is 0 Å². The van der Waals surface area contributed by atoms with Crippen molar-refractivity contribution < 1.29 is 27.4 Å². The molecule has 178 valence electrons. The lowest BCUT2D eigenvalue weighted by Crippen LogP contribution is -2.33. The largest absolute Gasteiger partial charge is 0.454 e. The van der Waals surface area contributed by atoms with Gasteiger partial charge in [0.15, 0.2) is 11.5 Å². The van der Waals surface area contributed by atoms with Gasteiger partial charge in [-0.3, -0.25) is 9.47 Å². The van der Waals surface area contributed by atoms with Crippen molar-refractivity contribution in [3.63, 3.8) is 0 Å². The quantitative estimate of drug-likeness (QED) is 0.515. The van der Waals surface area contributed by atoms with Crippen molar-refractivity contribution in [2.24, 2.45) is 0 Å². The number of amides is 1. The Hall–Kier alpha value is -3.67. The maximum absolute atomic E-state index is 12.7. The van der Waals surface area contributed by atoms with Gasteiger partial charge in [0, 0.05) is 18.0 Å². The van der Waals surface area contributed by atoms with Gasteiger partial charge in [0.25, 0.3) is 0 Å². The number of imidazole rings is 1. The van der Waals surface area contributed by atoms with Crippen LogP contribution in [0.3, 0.4) is 0 Å². The number of hydrogen-bond donors (Lipinski definition) is 0. The molecule has 0 aliphatic carbocycles. The van der Waals surface area contributed by atoms with Gasteiger partial charge in [-0.1, -0.05) is 0 Å². The zero-order chi connectivity index (χ0) is 24.3. The predicted octanol–water partition coefficient (Wildman–Crippen LogP) is 2.71. The normalized spacial score (nSPS) is 14.9. The number of ether oxygens (including phenoxy) is 3. The highest BCUT2D eigenvalue weighted by molar-refractivity contribution is 7.90. The topological polar surface area (TPSA) is 126 Å².